The van der Waals surface area contributed by atoms with Gasteiger partial charge in [0, 0.05) is 31.3 Å². The van der Waals surface area contributed by atoms with Crippen LogP contribution in [0.4, 0.5) is 18.9 Å². The Hall–Kier alpha value is -1.41. The summed E-state index contributed by atoms with van der Waals surface area (Å²) in [6.45, 7) is 0. The number of nitrogens with zero attached hydrogens (tertiary/aromatic N) is 1. The first-order chi connectivity index (χ1) is 7.70. The van der Waals surface area contributed by atoms with E-state index in [9.17, 15) is 13.2 Å². The summed E-state index contributed by atoms with van der Waals surface area (Å²) in [7, 11) is 1.26. The van der Waals surface area contributed by atoms with Crippen LogP contribution in [-0.4, -0.2) is 37.6 Å². The van der Waals surface area contributed by atoms with Crippen LogP contribution in [0.2, 0.25) is 0 Å². The summed E-state index contributed by atoms with van der Waals surface area (Å²) < 4.78 is 40.1. The maximum Gasteiger partial charge on any atom is 0.573 e. The predicted octanol–water partition coefficient (Wildman–Crippen LogP) is 0.331. The van der Waals surface area contributed by atoms with Crippen molar-refractivity contribution >= 4 is 18.3 Å². The van der Waals surface area contributed by atoms with E-state index in [-0.39, 0.29) is 5.46 Å². The molecular weight excluding hydrogens is 238 g/mol. The van der Waals surface area contributed by atoms with E-state index < -0.39 is 19.2 Å². The second-order valence-electron chi connectivity index (χ2n) is 3.54. The fourth-order valence-electron chi connectivity index (χ4n) is 1.23. The molecule has 0 aromatic heterocycles. The Morgan fingerprint density at radius 3 is 2.24 bits per heavy atom. The van der Waals surface area contributed by atoms with E-state index in [0.29, 0.717) is 5.69 Å². The van der Waals surface area contributed by atoms with Crippen LogP contribution in [0.15, 0.2) is 18.2 Å². The Morgan fingerprint density at radius 2 is 1.82 bits per heavy atom. The monoisotopic (exact) mass is 249 g/mol. The normalized spacial score (nSPS) is 11.2. The lowest BCUT2D eigenvalue weighted by Crippen LogP contribution is -2.34. The summed E-state index contributed by atoms with van der Waals surface area (Å²) in [6.07, 6.45) is -4.88. The lowest BCUT2D eigenvalue weighted by Gasteiger charge is -2.17. The van der Waals surface area contributed by atoms with Gasteiger partial charge in [-0.25, -0.2) is 0 Å². The molecule has 0 aliphatic carbocycles. The van der Waals surface area contributed by atoms with E-state index in [4.69, 9.17) is 10.0 Å². The smallest absolute Gasteiger partial charge is 0.423 e. The summed E-state index contributed by atoms with van der Waals surface area (Å²) in [6, 6.07) is 3.71. The minimum Gasteiger partial charge on any atom is -0.423 e. The molecular formula is C9H11BF3NO3. The van der Waals surface area contributed by atoms with Crippen molar-refractivity contribution < 1.29 is 28.0 Å². The molecule has 0 fully saturated rings. The number of ether oxygens (including phenoxy) is 1. The summed E-state index contributed by atoms with van der Waals surface area (Å²) >= 11 is 0. The minimum atomic E-state index is -4.88. The van der Waals surface area contributed by atoms with Crippen LogP contribution in [0.3, 0.4) is 0 Å². The molecule has 0 aliphatic heterocycles. The number of benzene rings is 1. The number of halogens is 3. The van der Waals surface area contributed by atoms with Crippen LogP contribution >= 0.6 is 0 Å². The average molecular weight is 249 g/mol. The third-order valence-electron chi connectivity index (χ3n) is 2.02. The Labute approximate surface area is 96.4 Å². The Kier molecular flexibility index (Phi) is 3.89. The Morgan fingerprint density at radius 1 is 1.24 bits per heavy atom. The molecule has 0 bridgehead atoms. The summed E-state index contributed by atoms with van der Waals surface area (Å²) in [4.78, 5) is 1.57. The van der Waals surface area contributed by atoms with E-state index >= 15 is 0 Å². The second kappa shape index (κ2) is 4.85. The topological polar surface area (TPSA) is 52.9 Å². The third kappa shape index (κ3) is 3.83. The van der Waals surface area contributed by atoms with Gasteiger partial charge in [-0.15, -0.1) is 13.2 Å². The van der Waals surface area contributed by atoms with Crippen LogP contribution in [0.1, 0.15) is 0 Å². The zero-order valence-corrected chi connectivity index (χ0v) is 9.19. The van der Waals surface area contributed by atoms with Crippen molar-refractivity contribution in [2.24, 2.45) is 0 Å². The highest BCUT2D eigenvalue weighted by molar-refractivity contribution is 6.59. The number of hydrogen-bond acceptors (Lipinski definition) is 4. The maximum atomic E-state index is 12.1. The van der Waals surface area contributed by atoms with Crippen molar-refractivity contribution in [1.29, 1.82) is 0 Å². The van der Waals surface area contributed by atoms with Gasteiger partial charge in [0.15, 0.2) is 0 Å². The van der Waals surface area contributed by atoms with E-state index in [0.717, 1.165) is 6.07 Å². The SMILES string of the molecule is CN(C)c1ccc(B(O)O)c(OC(F)(F)F)c1. The van der Waals surface area contributed by atoms with Gasteiger partial charge in [0.25, 0.3) is 0 Å². The quantitative estimate of drug-likeness (QED) is 0.758. The number of alkyl halides is 3. The highest BCUT2D eigenvalue weighted by Gasteiger charge is 2.33. The molecule has 0 saturated heterocycles. The summed E-state index contributed by atoms with van der Waals surface area (Å²) in [5, 5.41) is 17.9. The maximum absolute atomic E-state index is 12.1. The van der Waals surface area contributed by atoms with E-state index in [1.54, 1.807) is 19.0 Å². The fourth-order valence-corrected chi connectivity index (χ4v) is 1.23. The number of rotatable bonds is 3. The van der Waals surface area contributed by atoms with Crippen LogP contribution < -0.4 is 15.1 Å². The Balaban J connectivity index is 3.16. The standard InChI is InChI=1S/C9H11BF3NO3/c1-14(2)6-3-4-7(10(15)16)8(5-6)17-9(11,12)13/h3-5,15-16H,1-2H3. The van der Waals surface area contributed by atoms with Crippen LogP contribution in [0.25, 0.3) is 0 Å². The summed E-state index contributed by atoms with van der Waals surface area (Å²) in [5.74, 6) is -0.626. The molecule has 1 aromatic rings. The van der Waals surface area contributed by atoms with Gasteiger partial charge < -0.3 is 19.7 Å². The molecule has 0 saturated carbocycles. The highest BCUT2D eigenvalue weighted by atomic mass is 19.4. The van der Waals surface area contributed by atoms with Crippen LogP contribution in [0.5, 0.6) is 5.75 Å². The molecule has 17 heavy (non-hydrogen) atoms. The van der Waals surface area contributed by atoms with Crippen molar-refractivity contribution in [2.45, 2.75) is 6.36 Å². The van der Waals surface area contributed by atoms with Gasteiger partial charge in [-0.3, -0.25) is 0 Å². The average Bonchev–Trinajstić information content (AvgIpc) is 2.14. The molecule has 0 unspecified atom stereocenters. The first-order valence-corrected chi connectivity index (χ1v) is 4.64. The molecule has 2 N–H and O–H groups in total. The predicted molar refractivity (Wildman–Crippen MR) is 57.3 cm³/mol. The van der Waals surface area contributed by atoms with Crippen molar-refractivity contribution in [2.75, 3.05) is 19.0 Å². The van der Waals surface area contributed by atoms with Gasteiger partial charge in [0.2, 0.25) is 0 Å². The van der Waals surface area contributed by atoms with E-state index in [2.05, 4.69) is 4.74 Å². The highest BCUT2D eigenvalue weighted by Crippen LogP contribution is 2.24. The Bertz CT molecular complexity index is 396. The second-order valence-corrected chi connectivity index (χ2v) is 3.54. The molecule has 0 amide bonds. The summed E-state index contributed by atoms with van der Waals surface area (Å²) in [5.41, 5.74) is 0.113. The van der Waals surface area contributed by atoms with Gasteiger partial charge in [-0.1, -0.05) is 6.07 Å². The fraction of sp³-hybridized carbons (Fsp3) is 0.333. The van der Waals surface area contributed by atoms with Crippen LogP contribution in [-0.2, 0) is 0 Å². The lowest BCUT2D eigenvalue weighted by atomic mass is 9.79. The van der Waals surface area contributed by atoms with Crippen molar-refractivity contribution in [3.05, 3.63) is 18.2 Å². The zero-order valence-electron chi connectivity index (χ0n) is 9.19. The molecule has 94 valence electrons. The molecule has 4 nitrogen and oxygen atoms in total. The zero-order chi connectivity index (χ0) is 13.2. The molecule has 0 radical (unpaired) electrons. The van der Waals surface area contributed by atoms with Gasteiger partial charge >= 0.3 is 13.5 Å². The van der Waals surface area contributed by atoms with Gasteiger partial charge in [-0.2, -0.15) is 0 Å². The van der Waals surface area contributed by atoms with Gasteiger partial charge in [0.1, 0.15) is 5.75 Å². The lowest BCUT2D eigenvalue weighted by molar-refractivity contribution is -0.274. The van der Waals surface area contributed by atoms with Crippen molar-refractivity contribution in [3.8, 4) is 5.75 Å². The number of anilines is 1. The molecule has 0 spiro atoms. The van der Waals surface area contributed by atoms with Crippen molar-refractivity contribution in [1.82, 2.24) is 0 Å². The first-order valence-electron chi connectivity index (χ1n) is 4.64. The number of hydrogen-bond donors (Lipinski definition) is 2. The molecule has 8 heteroatoms. The molecule has 0 heterocycles. The van der Waals surface area contributed by atoms with Gasteiger partial charge in [0.05, 0.1) is 0 Å². The van der Waals surface area contributed by atoms with E-state index in [1.807, 2.05) is 0 Å². The van der Waals surface area contributed by atoms with E-state index in [1.165, 1.54) is 12.1 Å². The molecule has 0 aliphatic rings. The molecule has 0 atom stereocenters. The molecule has 1 rings (SSSR count). The third-order valence-corrected chi connectivity index (χ3v) is 2.02. The first kappa shape index (κ1) is 13.7. The molecule has 1 aromatic carbocycles. The van der Waals surface area contributed by atoms with Crippen LogP contribution in [0, 0.1) is 0 Å². The van der Waals surface area contributed by atoms with Crippen molar-refractivity contribution in [3.63, 3.8) is 0 Å². The van der Waals surface area contributed by atoms with Gasteiger partial charge in [-0.05, 0) is 6.07 Å². The minimum absolute atomic E-state index is 0.340. The largest absolute Gasteiger partial charge is 0.573 e.